The number of carbonyl (C=O) groups excluding carboxylic acids is 1. The fourth-order valence-electron chi connectivity index (χ4n) is 1.99. The molecule has 2 rings (SSSR count). The number of ether oxygens (including phenoxy) is 1. The van der Waals surface area contributed by atoms with Gasteiger partial charge in [-0.3, -0.25) is 4.79 Å². The zero-order valence-corrected chi connectivity index (χ0v) is 13.2. The van der Waals surface area contributed by atoms with Crippen molar-refractivity contribution >= 4 is 17.3 Å². The Hall–Kier alpha value is -3.00. The summed E-state index contributed by atoms with van der Waals surface area (Å²) in [7, 11) is 0. The molecule has 23 heavy (non-hydrogen) atoms. The number of nitriles is 1. The first-order chi connectivity index (χ1) is 11.1. The van der Waals surface area contributed by atoms with E-state index in [0.29, 0.717) is 11.3 Å². The zero-order valence-electron chi connectivity index (χ0n) is 13.2. The minimum atomic E-state index is -0.213. The quantitative estimate of drug-likeness (QED) is 0.857. The molecule has 0 spiro atoms. The van der Waals surface area contributed by atoms with Gasteiger partial charge in [-0.15, -0.1) is 0 Å². The average Bonchev–Trinajstić information content (AvgIpc) is 2.54. The molecule has 0 atom stereocenters. The van der Waals surface area contributed by atoms with Gasteiger partial charge in [-0.1, -0.05) is 12.1 Å². The molecule has 0 saturated heterocycles. The molecular formula is C18H19N3O2. The van der Waals surface area contributed by atoms with Crippen LogP contribution in [0.4, 0.5) is 11.4 Å². The predicted octanol–water partition coefficient (Wildman–Crippen LogP) is 3.40. The van der Waals surface area contributed by atoms with Gasteiger partial charge in [0.25, 0.3) is 0 Å². The summed E-state index contributed by atoms with van der Waals surface area (Å²) >= 11 is 0. The Bertz CT molecular complexity index is 703. The molecule has 0 unspecified atom stereocenters. The highest BCUT2D eigenvalue weighted by atomic mass is 16.5. The van der Waals surface area contributed by atoms with E-state index >= 15 is 0 Å². The van der Waals surface area contributed by atoms with Gasteiger partial charge in [-0.2, -0.15) is 5.26 Å². The summed E-state index contributed by atoms with van der Waals surface area (Å²) in [6, 6.07) is 16.4. The molecule has 0 aliphatic carbocycles. The summed E-state index contributed by atoms with van der Waals surface area (Å²) in [6.45, 7) is 4.05. The Morgan fingerprint density at radius 1 is 1.17 bits per heavy atom. The van der Waals surface area contributed by atoms with Gasteiger partial charge in [0.1, 0.15) is 11.8 Å². The van der Waals surface area contributed by atoms with Crippen LogP contribution < -0.4 is 15.4 Å². The summed E-state index contributed by atoms with van der Waals surface area (Å²) in [5, 5.41) is 14.8. The van der Waals surface area contributed by atoms with Gasteiger partial charge in [0.05, 0.1) is 23.9 Å². The van der Waals surface area contributed by atoms with E-state index in [2.05, 4.69) is 10.6 Å². The zero-order chi connectivity index (χ0) is 16.7. The first-order valence-corrected chi connectivity index (χ1v) is 7.38. The Labute approximate surface area is 135 Å². The van der Waals surface area contributed by atoms with Crippen molar-refractivity contribution in [2.45, 2.75) is 20.0 Å². The van der Waals surface area contributed by atoms with Crippen LogP contribution in [-0.2, 0) is 4.79 Å². The Morgan fingerprint density at radius 3 is 2.52 bits per heavy atom. The Morgan fingerprint density at radius 2 is 1.87 bits per heavy atom. The van der Waals surface area contributed by atoms with Gasteiger partial charge in [-0.25, -0.2) is 0 Å². The van der Waals surface area contributed by atoms with E-state index in [4.69, 9.17) is 10.00 Å². The van der Waals surface area contributed by atoms with E-state index in [1.807, 2.05) is 44.2 Å². The number of hydrogen-bond acceptors (Lipinski definition) is 4. The topological polar surface area (TPSA) is 74.2 Å². The fraction of sp³-hybridized carbons (Fsp3) is 0.222. The second-order valence-electron chi connectivity index (χ2n) is 5.25. The Balaban J connectivity index is 1.88. The van der Waals surface area contributed by atoms with Crippen molar-refractivity contribution in [3.8, 4) is 11.8 Å². The lowest BCUT2D eigenvalue weighted by Gasteiger charge is -2.11. The SMILES string of the molecule is CC(C)Oc1ccc(NCC(=O)Nc2ccccc2C#N)cc1. The van der Waals surface area contributed by atoms with Crippen molar-refractivity contribution in [1.29, 1.82) is 5.26 Å². The number of nitrogens with zero attached hydrogens (tertiary/aromatic N) is 1. The van der Waals surface area contributed by atoms with Crippen molar-refractivity contribution in [2.24, 2.45) is 0 Å². The van der Waals surface area contributed by atoms with Crippen molar-refractivity contribution in [1.82, 2.24) is 0 Å². The molecule has 0 bridgehead atoms. The molecule has 118 valence electrons. The third-order valence-corrected chi connectivity index (χ3v) is 3.00. The number of anilines is 2. The maximum Gasteiger partial charge on any atom is 0.243 e. The third-order valence-electron chi connectivity index (χ3n) is 3.00. The van der Waals surface area contributed by atoms with Gasteiger partial charge in [0, 0.05) is 5.69 Å². The van der Waals surface area contributed by atoms with Gasteiger partial charge in [-0.05, 0) is 50.2 Å². The number of para-hydroxylation sites is 1. The van der Waals surface area contributed by atoms with Crippen molar-refractivity contribution in [2.75, 3.05) is 17.2 Å². The molecule has 0 aliphatic rings. The lowest BCUT2D eigenvalue weighted by Crippen LogP contribution is -2.22. The highest BCUT2D eigenvalue weighted by Crippen LogP contribution is 2.17. The van der Waals surface area contributed by atoms with Crippen LogP contribution >= 0.6 is 0 Å². The number of carbonyl (C=O) groups is 1. The lowest BCUT2D eigenvalue weighted by molar-refractivity contribution is -0.114. The predicted molar refractivity (Wildman–Crippen MR) is 90.5 cm³/mol. The molecule has 0 heterocycles. The number of amides is 1. The van der Waals surface area contributed by atoms with Crippen LogP contribution in [0.5, 0.6) is 5.75 Å². The summed E-state index contributed by atoms with van der Waals surface area (Å²) in [4.78, 5) is 12.0. The summed E-state index contributed by atoms with van der Waals surface area (Å²) in [6.07, 6.45) is 0.125. The average molecular weight is 309 g/mol. The van der Waals surface area contributed by atoms with Crippen LogP contribution in [0.2, 0.25) is 0 Å². The normalized spacial score (nSPS) is 10.0. The summed E-state index contributed by atoms with van der Waals surface area (Å²) < 4.78 is 5.56. The van der Waals surface area contributed by atoms with E-state index in [-0.39, 0.29) is 18.6 Å². The Kier molecular flexibility index (Phi) is 5.59. The summed E-state index contributed by atoms with van der Waals surface area (Å²) in [5.74, 6) is 0.577. The van der Waals surface area contributed by atoms with E-state index in [1.54, 1.807) is 24.3 Å². The van der Waals surface area contributed by atoms with Crippen LogP contribution in [0.25, 0.3) is 0 Å². The van der Waals surface area contributed by atoms with Crippen molar-refractivity contribution in [3.63, 3.8) is 0 Å². The minimum Gasteiger partial charge on any atom is -0.491 e. The first kappa shape index (κ1) is 16.4. The number of hydrogen-bond donors (Lipinski definition) is 2. The molecule has 0 aliphatic heterocycles. The number of nitrogens with one attached hydrogen (secondary N) is 2. The molecule has 0 aromatic heterocycles. The molecule has 2 N–H and O–H groups in total. The first-order valence-electron chi connectivity index (χ1n) is 7.38. The molecule has 2 aromatic rings. The monoisotopic (exact) mass is 309 g/mol. The maximum absolute atomic E-state index is 12.0. The van der Waals surface area contributed by atoms with Crippen LogP contribution in [0.1, 0.15) is 19.4 Å². The van der Waals surface area contributed by atoms with Gasteiger partial charge in [0.2, 0.25) is 5.91 Å². The van der Waals surface area contributed by atoms with Gasteiger partial charge in [0.15, 0.2) is 0 Å². The molecule has 2 aromatic carbocycles. The minimum absolute atomic E-state index is 0.115. The van der Waals surface area contributed by atoms with Crippen LogP contribution in [0.3, 0.4) is 0 Å². The lowest BCUT2D eigenvalue weighted by atomic mass is 10.2. The summed E-state index contributed by atoms with van der Waals surface area (Å²) in [5.41, 5.74) is 1.78. The maximum atomic E-state index is 12.0. The van der Waals surface area contributed by atoms with E-state index in [1.165, 1.54) is 0 Å². The second kappa shape index (κ2) is 7.85. The van der Waals surface area contributed by atoms with Crippen LogP contribution in [-0.4, -0.2) is 18.6 Å². The van der Waals surface area contributed by atoms with E-state index in [9.17, 15) is 4.79 Å². The fourth-order valence-corrected chi connectivity index (χ4v) is 1.99. The highest BCUT2D eigenvalue weighted by Gasteiger charge is 2.06. The third kappa shape index (κ3) is 5.04. The van der Waals surface area contributed by atoms with E-state index in [0.717, 1.165) is 11.4 Å². The van der Waals surface area contributed by atoms with Gasteiger partial charge < -0.3 is 15.4 Å². The molecule has 1 amide bonds. The van der Waals surface area contributed by atoms with E-state index < -0.39 is 0 Å². The second-order valence-corrected chi connectivity index (χ2v) is 5.25. The number of benzene rings is 2. The number of rotatable bonds is 6. The molecule has 0 fully saturated rings. The smallest absolute Gasteiger partial charge is 0.243 e. The van der Waals surface area contributed by atoms with Crippen molar-refractivity contribution in [3.05, 3.63) is 54.1 Å². The molecule has 0 saturated carbocycles. The molecule has 5 nitrogen and oxygen atoms in total. The standard InChI is InChI=1S/C18H19N3O2/c1-13(2)23-16-9-7-15(8-10-16)20-12-18(22)21-17-6-4-3-5-14(17)11-19/h3-10,13,20H,12H2,1-2H3,(H,21,22). The molecule has 0 radical (unpaired) electrons. The van der Waals surface area contributed by atoms with Gasteiger partial charge >= 0.3 is 0 Å². The highest BCUT2D eigenvalue weighted by molar-refractivity contribution is 5.94. The van der Waals surface area contributed by atoms with Crippen LogP contribution in [0.15, 0.2) is 48.5 Å². The van der Waals surface area contributed by atoms with Crippen molar-refractivity contribution < 1.29 is 9.53 Å². The molecule has 5 heteroatoms. The molecular weight excluding hydrogens is 290 g/mol. The van der Waals surface area contributed by atoms with Crippen LogP contribution in [0, 0.1) is 11.3 Å². The largest absolute Gasteiger partial charge is 0.491 e.